The number of nitrogens with zero attached hydrogens (tertiary/aromatic N) is 4. The number of ether oxygens (including phenoxy) is 1. The molecule has 0 amide bonds. The zero-order chi connectivity index (χ0) is 23.2. The van der Waals surface area contributed by atoms with Gasteiger partial charge in [-0.1, -0.05) is 43.6 Å². The van der Waals surface area contributed by atoms with Gasteiger partial charge in [-0.15, -0.1) is 0 Å². The van der Waals surface area contributed by atoms with Crippen molar-refractivity contribution >= 4 is 28.5 Å². The van der Waals surface area contributed by atoms with Crippen LogP contribution < -0.4 is 5.32 Å². The number of nitrogens with one attached hydrogen (secondary N) is 1. The molecule has 0 radical (unpaired) electrons. The van der Waals surface area contributed by atoms with E-state index < -0.39 is 0 Å². The second-order valence-corrected chi connectivity index (χ2v) is 8.47. The molecule has 0 saturated heterocycles. The highest BCUT2D eigenvalue weighted by Gasteiger charge is 2.13. The number of aromatic nitrogens is 4. The molecule has 0 aliphatic carbocycles. The van der Waals surface area contributed by atoms with Gasteiger partial charge in [0.1, 0.15) is 23.9 Å². The highest BCUT2D eigenvalue weighted by molar-refractivity contribution is 6.32. The van der Waals surface area contributed by atoms with E-state index in [4.69, 9.17) is 21.3 Å². The molecule has 0 fully saturated rings. The van der Waals surface area contributed by atoms with E-state index in [0.717, 1.165) is 5.39 Å². The molecule has 1 aromatic carbocycles. The van der Waals surface area contributed by atoms with E-state index in [1.165, 1.54) is 6.07 Å². The lowest BCUT2D eigenvalue weighted by Gasteiger charge is -2.12. The van der Waals surface area contributed by atoms with Crippen LogP contribution in [-0.4, -0.2) is 33.1 Å². The van der Waals surface area contributed by atoms with E-state index in [9.17, 15) is 4.39 Å². The molecule has 1 N–H and O–H groups in total. The molecule has 3 aromatic heterocycles. The predicted molar refractivity (Wildman–Crippen MR) is 129 cm³/mol. The largest absolute Gasteiger partial charge is 0.373 e. The molecule has 4 rings (SSSR count). The molecule has 0 aliphatic heterocycles. The van der Waals surface area contributed by atoms with Crippen molar-refractivity contribution in [1.82, 2.24) is 19.9 Å². The van der Waals surface area contributed by atoms with Gasteiger partial charge in [0, 0.05) is 19.3 Å². The van der Waals surface area contributed by atoms with Gasteiger partial charge >= 0.3 is 0 Å². The highest BCUT2D eigenvalue weighted by Crippen LogP contribution is 2.27. The SMILES string of the molecule is CC(C)COCc1nc(NCCc2ccccc2F)c2ccc(-c3ncccc3Cl)nc2n1. The Morgan fingerprint density at radius 3 is 2.67 bits per heavy atom. The van der Waals surface area contributed by atoms with Crippen LogP contribution in [0, 0.1) is 11.7 Å². The fraction of sp³-hybridized carbons (Fsp3) is 0.280. The minimum absolute atomic E-state index is 0.215. The molecule has 8 heteroatoms. The lowest BCUT2D eigenvalue weighted by molar-refractivity contribution is 0.0925. The van der Waals surface area contributed by atoms with Crippen LogP contribution in [0.25, 0.3) is 22.4 Å². The maximum atomic E-state index is 14.0. The molecule has 0 aliphatic rings. The number of hydrogen-bond donors (Lipinski definition) is 1. The van der Waals surface area contributed by atoms with E-state index >= 15 is 0 Å². The van der Waals surface area contributed by atoms with Gasteiger partial charge in [0.2, 0.25) is 0 Å². The molecule has 170 valence electrons. The van der Waals surface area contributed by atoms with Gasteiger partial charge in [0.25, 0.3) is 0 Å². The van der Waals surface area contributed by atoms with Gasteiger partial charge < -0.3 is 10.1 Å². The molecular weight excluding hydrogens is 441 g/mol. The van der Waals surface area contributed by atoms with E-state index in [0.29, 0.717) is 64.8 Å². The Balaban J connectivity index is 1.64. The minimum atomic E-state index is -0.215. The third kappa shape index (κ3) is 5.80. The number of rotatable bonds is 9. The molecule has 0 bridgehead atoms. The maximum absolute atomic E-state index is 14.0. The summed E-state index contributed by atoms with van der Waals surface area (Å²) in [6, 6.07) is 14.1. The Bertz CT molecular complexity index is 1250. The Kier molecular flexibility index (Phi) is 7.42. The number of fused-ring (bicyclic) bond motifs is 1. The smallest absolute Gasteiger partial charge is 0.165 e. The van der Waals surface area contributed by atoms with Crippen LogP contribution >= 0.6 is 11.6 Å². The molecule has 33 heavy (non-hydrogen) atoms. The first-order chi connectivity index (χ1) is 16.0. The summed E-state index contributed by atoms with van der Waals surface area (Å²) < 4.78 is 19.7. The average molecular weight is 466 g/mol. The van der Waals surface area contributed by atoms with Crippen molar-refractivity contribution < 1.29 is 9.13 Å². The molecule has 0 unspecified atom stereocenters. The van der Waals surface area contributed by atoms with E-state index in [1.54, 1.807) is 30.5 Å². The molecule has 0 atom stereocenters. The fourth-order valence-corrected chi connectivity index (χ4v) is 3.58. The summed E-state index contributed by atoms with van der Waals surface area (Å²) in [7, 11) is 0. The fourth-order valence-electron chi connectivity index (χ4n) is 3.36. The van der Waals surface area contributed by atoms with Gasteiger partial charge in [-0.05, 0) is 48.2 Å². The predicted octanol–water partition coefficient (Wildman–Crippen LogP) is 5.71. The first-order valence-electron chi connectivity index (χ1n) is 10.8. The van der Waals surface area contributed by atoms with E-state index in [-0.39, 0.29) is 12.4 Å². The van der Waals surface area contributed by atoms with Crippen molar-refractivity contribution in [2.45, 2.75) is 26.9 Å². The third-order valence-electron chi connectivity index (χ3n) is 4.93. The quantitative estimate of drug-likeness (QED) is 0.341. The Morgan fingerprint density at radius 2 is 1.88 bits per heavy atom. The Morgan fingerprint density at radius 1 is 1.03 bits per heavy atom. The van der Waals surface area contributed by atoms with Crippen molar-refractivity contribution in [3.63, 3.8) is 0 Å². The molecule has 4 aromatic rings. The summed E-state index contributed by atoms with van der Waals surface area (Å²) in [6.45, 7) is 5.55. The maximum Gasteiger partial charge on any atom is 0.165 e. The van der Waals surface area contributed by atoms with Gasteiger partial charge in [0.05, 0.1) is 16.1 Å². The van der Waals surface area contributed by atoms with Crippen molar-refractivity contribution in [3.8, 4) is 11.4 Å². The Hall–Kier alpha value is -3.16. The van der Waals surface area contributed by atoms with Crippen LogP contribution in [0.15, 0.2) is 54.7 Å². The van der Waals surface area contributed by atoms with Crippen molar-refractivity contribution in [2.75, 3.05) is 18.5 Å². The normalized spacial score (nSPS) is 11.3. The lowest BCUT2D eigenvalue weighted by atomic mass is 10.1. The van der Waals surface area contributed by atoms with Crippen LogP contribution in [0.2, 0.25) is 5.02 Å². The zero-order valence-corrected chi connectivity index (χ0v) is 19.3. The summed E-state index contributed by atoms with van der Waals surface area (Å²) in [5.74, 6) is 1.34. The number of halogens is 2. The lowest BCUT2D eigenvalue weighted by Crippen LogP contribution is -2.11. The van der Waals surface area contributed by atoms with Crippen LogP contribution in [0.5, 0.6) is 0 Å². The van der Waals surface area contributed by atoms with Crippen molar-refractivity contribution in [3.05, 3.63) is 77.0 Å². The molecule has 0 spiro atoms. The van der Waals surface area contributed by atoms with E-state index in [2.05, 4.69) is 34.1 Å². The molecule has 3 heterocycles. The summed E-state index contributed by atoms with van der Waals surface area (Å²) in [4.78, 5) is 18.3. The number of anilines is 1. The zero-order valence-electron chi connectivity index (χ0n) is 18.6. The Labute approximate surface area is 197 Å². The topological polar surface area (TPSA) is 72.8 Å². The molecule has 6 nitrogen and oxygen atoms in total. The van der Waals surface area contributed by atoms with Crippen LogP contribution in [0.4, 0.5) is 10.2 Å². The first-order valence-corrected chi connectivity index (χ1v) is 11.2. The van der Waals surface area contributed by atoms with Gasteiger partial charge in [0.15, 0.2) is 11.5 Å². The van der Waals surface area contributed by atoms with Gasteiger partial charge in [-0.2, -0.15) is 0 Å². The van der Waals surface area contributed by atoms with Crippen molar-refractivity contribution in [1.29, 1.82) is 0 Å². The van der Waals surface area contributed by atoms with Gasteiger partial charge in [-0.25, -0.2) is 19.3 Å². The summed E-state index contributed by atoms with van der Waals surface area (Å²) in [5.41, 5.74) is 2.37. The van der Waals surface area contributed by atoms with E-state index in [1.807, 2.05) is 18.2 Å². The minimum Gasteiger partial charge on any atom is -0.373 e. The standard InChI is InChI=1S/C25H25ClFN5O/c1-16(2)14-33-15-22-31-24(29-13-11-17-6-3-4-8-20(17)27)18-9-10-21(30-25(18)32-22)23-19(26)7-5-12-28-23/h3-10,12,16H,11,13-15H2,1-2H3,(H,29,30,31,32). The van der Waals surface area contributed by atoms with Crippen LogP contribution in [-0.2, 0) is 17.8 Å². The van der Waals surface area contributed by atoms with Gasteiger partial charge in [-0.3, -0.25) is 4.98 Å². The summed E-state index contributed by atoms with van der Waals surface area (Å²) in [6.07, 6.45) is 2.19. The number of hydrogen-bond acceptors (Lipinski definition) is 6. The number of pyridine rings is 2. The third-order valence-corrected chi connectivity index (χ3v) is 5.24. The second-order valence-electron chi connectivity index (χ2n) is 8.07. The average Bonchev–Trinajstić information content (AvgIpc) is 2.80. The molecular formula is C25H25ClFN5O. The summed E-state index contributed by atoms with van der Waals surface area (Å²) in [5, 5.41) is 4.59. The highest BCUT2D eigenvalue weighted by atomic mass is 35.5. The van der Waals surface area contributed by atoms with Crippen molar-refractivity contribution in [2.24, 2.45) is 5.92 Å². The monoisotopic (exact) mass is 465 g/mol. The summed E-state index contributed by atoms with van der Waals surface area (Å²) >= 11 is 6.31. The van der Waals surface area contributed by atoms with Crippen LogP contribution in [0.1, 0.15) is 25.2 Å². The second kappa shape index (κ2) is 10.6. The first kappa shape index (κ1) is 23.0. The number of benzene rings is 1. The van der Waals surface area contributed by atoms with Crippen LogP contribution in [0.3, 0.4) is 0 Å². The molecule has 0 saturated carbocycles.